The highest BCUT2D eigenvalue weighted by Crippen LogP contribution is 2.20. The van der Waals surface area contributed by atoms with Crippen molar-refractivity contribution in [3.63, 3.8) is 0 Å². The molecule has 1 atom stereocenters. The van der Waals surface area contributed by atoms with E-state index >= 15 is 0 Å². The summed E-state index contributed by atoms with van der Waals surface area (Å²) in [6, 6.07) is -0.296. The SMILES string of the molecule is C=CCCCN(C)C(=NC)NCCCN1C(=O)NC(C)(CC)C1=O. The molecule has 1 saturated heterocycles. The van der Waals surface area contributed by atoms with Crippen molar-refractivity contribution in [2.45, 2.75) is 45.1 Å². The monoisotopic (exact) mass is 337 g/mol. The Labute approximate surface area is 145 Å². The van der Waals surface area contributed by atoms with Crippen molar-refractivity contribution in [2.75, 3.05) is 33.7 Å². The number of amides is 3. The molecule has 0 aromatic heterocycles. The molecule has 2 N–H and O–H groups in total. The van der Waals surface area contributed by atoms with E-state index in [1.807, 2.05) is 20.0 Å². The average molecular weight is 337 g/mol. The normalized spacial score (nSPS) is 21.0. The van der Waals surface area contributed by atoms with Crippen molar-refractivity contribution in [1.82, 2.24) is 20.4 Å². The molecule has 7 nitrogen and oxygen atoms in total. The van der Waals surface area contributed by atoms with Crippen molar-refractivity contribution >= 4 is 17.9 Å². The number of nitrogens with zero attached hydrogens (tertiary/aromatic N) is 3. The lowest BCUT2D eigenvalue weighted by molar-refractivity contribution is -0.130. The number of nitrogens with one attached hydrogen (secondary N) is 2. The van der Waals surface area contributed by atoms with Crippen LogP contribution in [-0.2, 0) is 4.79 Å². The maximum absolute atomic E-state index is 12.3. The summed E-state index contributed by atoms with van der Waals surface area (Å²) < 4.78 is 0. The first-order valence-corrected chi connectivity index (χ1v) is 8.56. The Morgan fingerprint density at radius 2 is 2.17 bits per heavy atom. The van der Waals surface area contributed by atoms with Gasteiger partial charge in [-0.15, -0.1) is 6.58 Å². The first-order chi connectivity index (χ1) is 11.4. The van der Waals surface area contributed by atoms with Crippen molar-refractivity contribution in [2.24, 2.45) is 4.99 Å². The molecule has 1 unspecified atom stereocenters. The van der Waals surface area contributed by atoms with E-state index in [0.29, 0.717) is 25.9 Å². The van der Waals surface area contributed by atoms with Gasteiger partial charge in [0.15, 0.2) is 5.96 Å². The Kier molecular flexibility index (Phi) is 7.74. The fraction of sp³-hybridized carbons (Fsp3) is 0.706. The van der Waals surface area contributed by atoms with Crippen molar-refractivity contribution in [3.8, 4) is 0 Å². The molecule has 3 amide bonds. The molecule has 7 heteroatoms. The molecule has 0 radical (unpaired) electrons. The van der Waals surface area contributed by atoms with Gasteiger partial charge in [-0.2, -0.15) is 0 Å². The minimum atomic E-state index is -0.758. The maximum atomic E-state index is 12.3. The molecule has 1 aliphatic heterocycles. The van der Waals surface area contributed by atoms with E-state index in [0.717, 1.165) is 25.3 Å². The highest BCUT2D eigenvalue weighted by atomic mass is 16.2. The number of guanidine groups is 1. The zero-order valence-corrected chi connectivity index (χ0v) is 15.4. The second kappa shape index (κ2) is 9.30. The van der Waals surface area contributed by atoms with Crippen LogP contribution in [0.25, 0.3) is 0 Å². The van der Waals surface area contributed by atoms with Crippen LogP contribution < -0.4 is 10.6 Å². The number of imide groups is 1. The molecular formula is C17H31N5O2. The van der Waals surface area contributed by atoms with E-state index in [2.05, 4.69) is 27.1 Å². The van der Waals surface area contributed by atoms with Gasteiger partial charge in [0.05, 0.1) is 0 Å². The summed E-state index contributed by atoms with van der Waals surface area (Å²) in [5.41, 5.74) is -0.758. The molecule has 24 heavy (non-hydrogen) atoms. The van der Waals surface area contributed by atoms with Crippen molar-refractivity contribution < 1.29 is 9.59 Å². The Morgan fingerprint density at radius 3 is 2.71 bits per heavy atom. The van der Waals surface area contributed by atoms with Crippen LogP contribution in [0.1, 0.15) is 39.5 Å². The lowest BCUT2D eigenvalue weighted by Gasteiger charge is -2.22. The van der Waals surface area contributed by atoms with Gasteiger partial charge in [0, 0.05) is 33.7 Å². The lowest BCUT2D eigenvalue weighted by atomic mass is 9.99. The number of aliphatic imine (C=N–C) groups is 1. The van der Waals surface area contributed by atoms with Gasteiger partial charge in [0.1, 0.15) is 5.54 Å². The predicted octanol–water partition coefficient (Wildman–Crippen LogP) is 1.57. The molecule has 1 fully saturated rings. The third-order valence-electron chi connectivity index (χ3n) is 4.37. The van der Waals surface area contributed by atoms with Gasteiger partial charge < -0.3 is 15.5 Å². The minimum Gasteiger partial charge on any atom is -0.356 e. The Balaban J connectivity index is 2.38. The smallest absolute Gasteiger partial charge is 0.325 e. The number of hydrogen-bond acceptors (Lipinski definition) is 3. The number of unbranched alkanes of at least 4 members (excludes halogenated alkanes) is 1. The maximum Gasteiger partial charge on any atom is 0.325 e. The minimum absolute atomic E-state index is 0.138. The summed E-state index contributed by atoms with van der Waals surface area (Å²) in [6.07, 6.45) is 5.18. The van der Waals surface area contributed by atoms with Crippen LogP contribution in [0.3, 0.4) is 0 Å². The zero-order chi connectivity index (χ0) is 18.2. The topological polar surface area (TPSA) is 77.0 Å². The van der Waals surface area contributed by atoms with E-state index in [4.69, 9.17) is 0 Å². The summed E-state index contributed by atoms with van der Waals surface area (Å²) >= 11 is 0. The van der Waals surface area contributed by atoms with Gasteiger partial charge in [0.2, 0.25) is 0 Å². The molecule has 0 spiro atoms. The third-order valence-corrected chi connectivity index (χ3v) is 4.37. The van der Waals surface area contributed by atoms with Gasteiger partial charge >= 0.3 is 6.03 Å². The molecule has 1 rings (SSSR count). The van der Waals surface area contributed by atoms with Crippen LogP contribution in [-0.4, -0.2) is 67.0 Å². The standard InChI is InChI=1S/C17H31N5O2/c1-6-8-9-12-21(5)15(18-4)19-11-10-13-22-14(23)17(3,7-2)20-16(22)24/h6H,1,7-13H2,2-5H3,(H,18,19)(H,20,24). The molecule has 1 heterocycles. The molecule has 0 saturated carbocycles. The number of urea groups is 1. The van der Waals surface area contributed by atoms with Crippen LogP contribution in [0, 0.1) is 0 Å². The molecule has 0 bridgehead atoms. The van der Waals surface area contributed by atoms with Gasteiger partial charge in [-0.1, -0.05) is 13.0 Å². The highest BCUT2D eigenvalue weighted by molar-refractivity contribution is 6.06. The Hall–Kier alpha value is -2.05. The van der Waals surface area contributed by atoms with E-state index in [-0.39, 0.29) is 11.9 Å². The largest absolute Gasteiger partial charge is 0.356 e. The van der Waals surface area contributed by atoms with Crippen LogP contribution in [0.15, 0.2) is 17.6 Å². The second-order valence-electron chi connectivity index (χ2n) is 6.25. The number of rotatable bonds is 9. The summed E-state index contributed by atoms with van der Waals surface area (Å²) in [7, 11) is 3.74. The van der Waals surface area contributed by atoms with Gasteiger partial charge in [-0.3, -0.25) is 14.7 Å². The van der Waals surface area contributed by atoms with Crippen LogP contribution in [0.4, 0.5) is 4.79 Å². The van der Waals surface area contributed by atoms with Crippen LogP contribution in [0.5, 0.6) is 0 Å². The van der Waals surface area contributed by atoms with Crippen LogP contribution in [0.2, 0.25) is 0 Å². The van der Waals surface area contributed by atoms with Crippen molar-refractivity contribution in [3.05, 3.63) is 12.7 Å². The quantitative estimate of drug-likeness (QED) is 0.220. The van der Waals surface area contributed by atoms with Gasteiger partial charge in [-0.25, -0.2) is 4.79 Å². The predicted molar refractivity (Wildman–Crippen MR) is 97.0 cm³/mol. The second-order valence-corrected chi connectivity index (χ2v) is 6.25. The summed E-state index contributed by atoms with van der Waals surface area (Å²) in [5, 5.41) is 6.03. The van der Waals surface area contributed by atoms with E-state index < -0.39 is 5.54 Å². The summed E-state index contributed by atoms with van der Waals surface area (Å²) in [6.45, 7) is 9.34. The molecule has 0 aliphatic carbocycles. The Bertz CT molecular complexity index is 491. The lowest BCUT2D eigenvalue weighted by Crippen LogP contribution is -2.43. The summed E-state index contributed by atoms with van der Waals surface area (Å²) in [5.74, 6) is 0.676. The highest BCUT2D eigenvalue weighted by Gasteiger charge is 2.45. The first kappa shape index (κ1) is 20.0. The molecule has 1 aliphatic rings. The number of allylic oxidation sites excluding steroid dienone is 1. The average Bonchev–Trinajstić information content (AvgIpc) is 2.78. The first-order valence-electron chi connectivity index (χ1n) is 8.56. The number of carbonyl (C=O) groups excluding carboxylic acids is 2. The van der Waals surface area contributed by atoms with Gasteiger partial charge in [-0.05, 0) is 32.6 Å². The van der Waals surface area contributed by atoms with Crippen LogP contribution >= 0.6 is 0 Å². The Morgan fingerprint density at radius 1 is 1.46 bits per heavy atom. The van der Waals surface area contributed by atoms with Crippen molar-refractivity contribution in [1.29, 1.82) is 0 Å². The molecular weight excluding hydrogens is 306 g/mol. The van der Waals surface area contributed by atoms with E-state index in [1.165, 1.54) is 4.90 Å². The third kappa shape index (κ3) is 4.97. The summed E-state index contributed by atoms with van der Waals surface area (Å²) in [4.78, 5) is 31.8. The van der Waals surface area contributed by atoms with Gasteiger partial charge in [0.25, 0.3) is 5.91 Å². The molecule has 0 aromatic rings. The zero-order valence-electron chi connectivity index (χ0n) is 15.4. The van der Waals surface area contributed by atoms with E-state index in [1.54, 1.807) is 14.0 Å². The fourth-order valence-corrected chi connectivity index (χ4v) is 2.59. The molecule has 0 aromatic carbocycles. The number of hydrogen-bond donors (Lipinski definition) is 2. The number of carbonyl (C=O) groups is 2. The molecule has 136 valence electrons. The van der Waals surface area contributed by atoms with E-state index in [9.17, 15) is 9.59 Å². The fourth-order valence-electron chi connectivity index (χ4n) is 2.59.